The molecular weight excluding hydrogens is 318 g/mol. The van der Waals surface area contributed by atoms with E-state index in [0.29, 0.717) is 6.08 Å². The third kappa shape index (κ3) is 3.03. The zero-order valence-electron chi connectivity index (χ0n) is 11.9. The fourth-order valence-corrected chi connectivity index (χ4v) is 2.31. The average molecular weight is 332 g/mol. The van der Waals surface area contributed by atoms with Crippen LogP contribution in [-0.4, -0.2) is 49.3 Å². The summed E-state index contributed by atoms with van der Waals surface area (Å²) < 4.78 is 30.5. The van der Waals surface area contributed by atoms with Gasteiger partial charge in [-0.15, -0.1) is 0 Å². The van der Waals surface area contributed by atoms with Gasteiger partial charge in [-0.05, 0) is 6.92 Å². The molecule has 1 fully saturated rings. The van der Waals surface area contributed by atoms with Gasteiger partial charge in [0.15, 0.2) is 11.8 Å². The third-order valence-corrected chi connectivity index (χ3v) is 3.52. The molecule has 4 atom stereocenters. The van der Waals surface area contributed by atoms with Gasteiger partial charge < -0.3 is 20.1 Å². The number of ether oxygens (including phenoxy) is 1. The number of halogens is 2. The molecule has 126 valence electrons. The molecule has 0 radical (unpaired) electrons. The summed E-state index contributed by atoms with van der Waals surface area (Å²) in [6.45, 7) is 0.645. The van der Waals surface area contributed by atoms with Gasteiger partial charge in [-0.2, -0.15) is 8.78 Å². The smallest absolute Gasteiger partial charge is 0.330 e. The lowest BCUT2D eigenvalue weighted by molar-refractivity contribution is -0.0815. The van der Waals surface area contributed by atoms with Gasteiger partial charge in [0.1, 0.15) is 12.2 Å². The first-order valence-corrected chi connectivity index (χ1v) is 6.48. The minimum Gasteiger partial charge on any atom is -0.394 e. The molecule has 0 amide bonds. The van der Waals surface area contributed by atoms with Crippen LogP contribution in [-0.2, 0) is 4.74 Å². The van der Waals surface area contributed by atoms with Gasteiger partial charge in [0.05, 0.1) is 6.61 Å². The zero-order chi connectivity index (χ0) is 17.4. The normalized spacial score (nSPS) is 30.1. The second kappa shape index (κ2) is 6.19. The number of nitrogens with one attached hydrogen (secondary N) is 1. The summed E-state index contributed by atoms with van der Waals surface area (Å²) in [5, 5.41) is 29.7. The van der Waals surface area contributed by atoms with E-state index < -0.39 is 48.0 Å². The molecule has 1 aliphatic rings. The summed E-state index contributed by atoms with van der Waals surface area (Å²) in [6.07, 6.45) is -5.54. The summed E-state index contributed by atoms with van der Waals surface area (Å²) in [5.41, 5.74) is -2.58. The van der Waals surface area contributed by atoms with E-state index in [1.165, 1.54) is 12.7 Å². The van der Waals surface area contributed by atoms with Crippen LogP contribution in [0.3, 0.4) is 0 Å². The fourth-order valence-electron chi connectivity index (χ4n) is 2.31. The van der Waals surface area contributed by atoms with Crippen molar-refractivity contribution in [2.75, 3.05) is 6.61 Å². The summed E-state index contributed by atoms with van der Waals surface area (Å²) >= 11 is 0. The van der Waals surface area contributed by atoms with Gasteiger partial charge in [0.25, 0.3) is 5.56 Å². The van der Waals surface area contributed by atoms with Gasteiger partial charge in [-0.1, -0.05) is 5.73 Å². The summed E-state index contributed by atoms with van der Waals surface area (Å²) in [6, 6.07) is 0. The lowest BCUT2D eigenvalue weighted by atomic mass is 9.94. The molecule has 0 saturated carbocycles. The zero-order valence-corrected chi connectivity index (χ0v) is 11.9. The SMILES string of the molecule is Cc1cn([C@@H]2O[C@H](CO)[C@@H](O)[C@]2(O)C=C=C(F)F)c(=O)[nH]c1=O. The van der Waals surface area contributed by atoms with Crippen LogP contribution in [0, 0.1) is 6.92 Å². The molecular formula is C13H14F2N2O6. The molecule has 8 nitrogen and oxygen atoms in total. The predicted molar refractivity (Wildman–Crippen MR) is 71.8 cm³/mol. The van der Waals surface area contributed by atoms with Crippen LogP contribution in [0.25, 0.3) is 0 Å². The fraction of sp³-hybridized carbons (Fsp3) is 0.462. The van der Waals surface area contributed by atoms with Crippen LogP contribution in [0.1, 0.15) is 11.8 Å². The van der Waals surface area contributed by atoms with Crippen molar-refractivity contribution >= 4 is 0 Å². The largest absolute Gasteiger partial charge is 0.394 e. The molecule has 1 saturated heterocycles. The molecule has 4 N–H and O–H groups in total. The summed E-state index contributed by atoms with van der Waals surface area (Å²) in [7, 11) is 0. The molecule has 0 unspecified atom stereocenters. The first kappa shape index (κ1) is 17.3. The van der Waals surface area contributed by atoms with Crippen molar-refractivity contribution in [3.05, 3.63) is 50.5 Å². The number of hydrogen-bond donors (Lipinski definition) is 4. The van der Waals surface area contributed by atoms with Crippen molar-refractivity contribution in [3.63, 3.8) is 0 Å². The Morgan fingerprint density at radius 3 is 2.78 bits per heavy atom. The van der Waals surface area contributed by atoms with Crippen LogP contribution in [0.4, 0.5) is 8.78 Å². The van der Waals surface area contributed by atoms with Crippen molar-refractivity contribution in [1.29, 1.82) is 0 Å². The Labute approximate surface area is 127 Å². The Hall–Kier alpha value is -2.10. The third-order valence-electron chi connectivity index (χ3n) is 3.52. The van der Waals surface area contributed by atoms with E-state index >= 15 is 0 Å². The Balaban J connectivity index is 2.63. The van der Waals surface area contributed by atoms with Crippen molar-refractivity contribution < 1.29 is 28.8 Å². The maximum atomic E-state index is 12.3. The summed E-state index contributed by atoms with van der Waals surface area (Å²) in [5.74, 6) is 0. The van der Waals surface area contributed by atoms with Crippen LogP contribution in [0.5, 0.6) is 0 Å². The van der Waals surface area contributed by atoms with Gasteiger partial charge in [0, 0.05) is 17.8 Å². The number of hydrogen-bond acceptors (Lipinski definition) is 6. The maximum Gasteiger partial charge on any atom is 0.330 e. The molecule has 0 bridgehead atoms. The highest BCUT2D eigenvalue weighted by molar-refractivity contribution is 5.15. The minimum atomic E-state index is -2.47. The lowest BCUT2D eigenvalue weighted by Crippen LogP contribution is -2.48. The number of aryl methyl sites for hydroxylation is 1. The number of nitrogens with zero attached hydrogens (tertiary/aromatic N) is 1. The topological polar surface area (TPSA) is 125 Å². The van der Waals surface area contributed by atoms with E-state index in [4.69, 9.17) is 9.84 Å². The number of aromatic nitrogens is 2. The standard InChI is InChI=1S/C13H14F2N2O6/c1-6-4-17(12(21)16-10(6)20)11-13(22,3-2-8(14)15)9(19)7(5-18)23-11/h3-4,7,9,11,18-19,22H,5H2,1H3,(H,16,20,21)/t7-,9-,11-,13-/m1/s1. The number of H-pyrrole nitrogens is 1. The quantitative estimate of drug-likeness (QED) is 0.513. The first-order chi connectivity index (χ1) is 10.7. The average Bonchev–Trinajstić information content (AvgIpc) is 2.73. The van der Waals surface area contributed by atoms with E-state index in [-0.39, 0.29) is 5.56 Å². The minimum absolute atomic E-state index is 0.0914. The first-order valence-electron chi connectivity index (χ1n) is 6.48. The van der Waals surface area contributed by atoms with E-state index in [1.807, 2.05) is 4.98 Å². The lowest BCUT2D eigenvalue weighted by Gasteiger charge is -2.28. The van der Waals surface area contributed by atoms with Gasteiger partial charge in [-0.3, -0.25) is 14.3 Å². The van der Waals surface area contributed by atoms with Crippen molar-refractivity contribution in [2.45, 2.75) is 31.0 Å². The Bertz CT molecular complexity index is 777. The number of aliphatic hydroxyl groups is 3. The van der Waals surface area contributed by atoms with Gasteiger partial charge >= 0.3 is 11.8 Å². The molecule has 0 aliphatic carbocycles. The molecule has 2 heterocycles. The van der Waals surface area contributed by atoms with E-state index in [0.717, 1.165) is 10.8 Å². The van der Waals surface area contributed by atoms with Gasteiger partial charge in [0.2, 0.25) is 0 Å². The second-order valence-corrected chi connectivity index (χ2v) is 5.07. The van der Waals surface area contributed by atoms with Crippen LogP contribution < -0.4 is 11.2 Å². The Kier molecular flexibility index (Phi) is 4.64. The maximum absolute atomic E-state index is 12.3. The monoisotopic (exact) mass is 332 g/mol. The van der Waals surface area contributed by atoms with Crippen LogP contribution in [0.15, 0.2) is 33.7 Å². The predicted octanol–water partition coefficient (Wildman–Crippen LogP) is -1.24. The molecule has 1 aromatic heterocycles. The van der Waals surface area contributed by atoms with Crippen molar-refractivity contribution in [3.8, 4) is 0 Å². The summed E-state index contributed by atoms with van der Waals surface area (Å²) in [4.78, 5) is 25.2. The van der Waals surface area contributed by atoms with Crippen LogP contribution in [0.2, 0.25) is 0 Å². The van der Waals surface area contributed by atoms with E-state index in [9.17, 15) is 28.6 Å². The highest BCUT2D eigenvalue weighted by Crippen LogP contribution is 2.38. The van der Waals surface area contributed by atoms with Crippen molar-refractivity contribution in [2.24, 2.45) is 0 Å². The molecule has 0 spiro atoms. The molecule has 1 aliphatic heterocycles. The van der Waals surface area contributed by atoms with E-state index in [1.54, 1.807) is 0 Å². The Morgan fingerprint density at radius 2 is 2.22 bits per heavy atom. The van der Waals surface area contributed by atoms with Gasteiger partial charge in [-0.25, -0.2) is 4.79 Å². The number of rotatable bonds is 3. The molecule has 2 rings (SSSR count). The van der Waals surface area contributed by atoms with Crippen LogP contribution >= 0.6 is 0 Å². The van der Waals surface area contributed by atoms with Crippen molar-refractivity contribution in [1.82, 2.24) is 9.55 Å². The van der Waals surface area contributed by atoms with E-state index in [2.05, 4.69) is 0 Å². The highest BCUT2D eigenvalue weighted by atomic mass is 19.3. The Morgan fingerprint density at radius 1 is 1.57 bits per heavy atom. The molecule has 1 aromatic rings. The number of aromatic amines is 1. The molecule has 23 heavy (non-hydrogen) atoms. The second-order valence-electron chi connectivity index (χ2n) is 5.07. The number of aliphatic hydroxyl groups excluding tert-OH is 2. The molecule has 10 heteroatoms. The highest BCUT2D eigenvalue weighted by Gasteiger charge is 2.55. The molecule has 0 aromatic carbocycles.